The molecule has 0 aliphatic carbocycles. The molecule has 31 heavy (non-hydrogen) atoms. The van der Waals surface area contributed by atoms with Gasteiger partial charge in [-0.1, -0.05) is 96.2 Å². The van der Waals surface area contributed by atoms with Crippen molar-refractivity contribution < 1.29 is 9.32 Å². The molecule has 0 fully saturated rings. The van der Waals surface area contributed by atoms with E-state index in [1.54, 1.807) is 0 Å². The molecule has 5 nitrogen and oxygen atoms in total. The zero-order chi connectivity index (χ0) is 21.3. The van der Waals surface area contributed by atoms with Crippen LogP contribution in [0.2, 0.25) is 0 Å². The molecule has 0 saturated heterocycles. The van der Waals surface area contributed by atoms with Crippen molar-refractivity contribution in [2.75, 3.05) is 6.54 Å². The predicted octanol–water partition coefficient (Wildman–Crippen LogP) is 4.94. The van der Waals surface area contributed by atoms with E-state index in [1.165, 1.54) is 5.56 Å². The smallest absolute Gasteiger partial charge is 0.228 e. The van der Waals surface area contributed by atoms with E-state index >= 15 is 0 Å². The minimum absolute atomic E-state index is 0.121. The van der Waals surface area contributed by atoms with Gasteiger partial charge in [0.2, 0.25) is 17.6 Å². The van der Waals surface area contributed by atoms with Crippen LogP contribution in [-0.2, 0) is 24.2 Å². The van der Waals surface area contributed by atoms with E-state index in [9.17, 15) is 4.79 Å². The van der Waals surface area contributed by atoms with Crippen molar-refractivity contribution in [2.45, 2.75) is 25.8 Å². The molecule has 1 heterocycles. The van der Waals surface area contributed by atoms with Gasteiger partial charge in [0, 0.05) is 31.5 Å². The summed E-state index contributed by atoms with van der Waals surface area (Å²) in [4.78, 5) is 19.4. The maximum Gasteiger partial charge on any atom is 0.228 e. The summed E-state index contributed by atoms with van der Waals surface area (Å²) < 4.78 is 5.43. The van der Waals surface area contributed by atoms with Crippen LogP contribution in [0.3, 0.4) is 0 Å². The lowest BCUT2D eigenvalue weighted by Crippen LogP contribution is -2.32. The maximum atomic E-state index is 13.0. The van der Waals surface area contributed by atoms with E-state index in [1.807, 2.05) is 83.8 Å². The average molecular weight is 412 g/mol. The number of carbonyl (C=O) groups is 1. The lowest BCUT2D eigenvalue weighted by atomic mass is 10.1. The molecule has 3 aromatic carbocycles. The highest BCUT2D eigenvalue weighted by molar-refractivity contribution is 5.76. The number of aromatic nitrogens is 2. The Morgan fingerprint density at radius 3 is 2.06 bits per heavy atom. The zero-order valence-electron chi connectivity index (χ0n) is 17.4. The molecule has 4 rings (SSSR count). The fourth-order valence-corrected chi connectivity index (χ4v) is 3.44. The maximum absolute atomic E-state index is 13.0. The second kappa shape index (κ2) is 10.3. The molecule has 0 aliphatic rings. The second-order valence-electron chi connectivity index (χ2n) is 7.41. The van der Waals surface area contributed by atoms with Crippen LogP contribution >= 0.6 is 0 Å². The lowest BCUT2D eigenvalue weighted by Gasteiger charge is -2.22. The van der Waals surface area contributed by atoms with Crippen molar-refractivity contribution >= 4 is 5.91 Å². The molecular weight excluding hydrogens is 386 g/mol. The van der Waals surface area contributed by atoms with Gasteiger partial charge >= 0.3 is 0 Å². The monoisotopic (exact) mass is 411 g/mol. The van der Waals surface area contributed by atoms with E-state index in [4.69, 9.17) is 4.52 Å². The molecule has 5 heteroatoms. The highest BCUT2D eigenvalue weighted by Gasteiger charge is 2.16. The Hall–Kier alpha value is -3.73. The first kappa shape index (κ1) is 20.5. The number of carbonyl (C=O) groups excluding carboxylic acids is 1. The molecule has 0 aliphatic heterocycles. The van der Waals surface area contributed by atoms with Crippen molar-refractivity contribution in [1.29, 1.82) is 0 Å². The number of aryl methyl sites for hydroxylation is 1. The molecule has 0 saturated carbocycles. The largest absolute Gasteiger partial charge is 0.339 e. The molecule has 1 aromatic heterocycles. The third kappa shape index (κ3) is 5.89. The Labute approximate surface area is 182 Å². The van der Waals surface area contributed by atoms with Crippen molar-refractivity contribution in [3.63, 3.8) is 0 Å². The first-order valence-corrected chi connectivity index (χ1v) is 10.5. The summed E-state index contributed by atoms with van der Waals surface area (Å²) in [6, 6.07) is 29.9. The number of amides is 1. The van der Waals surface area contributed by atoms with Crippen molar-refractivity contribution in [3.05, 3.63) is 108 Å². The highest BCUT2D eigenvalue weighted by Crippen LogP contribution is 2.16. The van der Waals surface area contributed by atoms with E-state index in [-0.39, 0.29) is 5.91 Å². The number of benzene rings is 3. The minimum atomic E-state index is 0.121. The molecule has 1 amide bonds. The summed E-state index contributed by atoms with van der Waals surface area (Å²) in [5.41, 5.74) is 3.18. The summed E-state index contributed by atoms with van der Waals surface area (Å²) in [5, 5.41) is 4.08. The number of nitrogens with zero attached hydrogens (tertiary/aromatic N) is 3. The van der Waals surface area contributed by atoms with Gasteiger partial charge in [-0.05, 0) is 17.5 Å². The van der Waals surface area contributed by atoms with Crippen LogP contribution in [0.25, 0.3) is 11.4 Å². The molecule has 0 radical (unpaired) electrons. The molecule has 0 N–H and O–H groups in total. The topological polar surface area (TPSA) is 59.2 Å². The van der Waals surface area contributed by atoms with Crippen LogP contribution in [0.4, 0.5) is 0 Å². The van der Waals surface area contributed by atoms with Crippen molar-refractivity contribution in [2.24, 2.45) is 0 Å². The van der Waals surface area contributed by atoms with Crippen LogP contribution in [0.5, 0.6) is 0 Å². The highest BCUT2D eigenvalue weighted by atomic mass is 16.5. The van der Waals surface area contributed by atoms with Crippen molar-refractivity contribution in [3.8, 4) is 11.4 Å². The number of hydrogen-bond acceptors (Lipinski definition) is 4. The summed E-state index contributed by atoms with van der Waals surface area (Å²) >= 11 is 0. The van der Waals surface area contributed by atoms with Gasteiger partial charge in [0.1, 0.15) is 0 Å². The molecule has 0 spiro atoms. The first-order valence-electron chi connectivity index (χ1n) is 10.5. The van der Waals surface area contributed by atoms with Crippen LogP contribution in [0, 0.1) is 0 Å². The molecule has 0 unspecified atom stereocenters. The predicted molar refractivity (Wildman–Crippen MR) is 120 cm³/mol. The van der Waals surface area contributed by atoms with Gasteiger partial charge in [0.05, 0.1) is 0 Å². The fraction of sp³-hybridized carbons (Fsp3) is 0.192. The van der Waals surface area contributed by atoms with Gasteiger partial charge in [-0.3, -0.25) is 4.79 Å². The summed E-state index contributed by atoms with van der Waals surface area (Å²) in [5.74, 6) is 1.23. The SMILES string of the molecule is O=C(CCc1ccccc1)N(CCc1nc(-c2ccccc2)no1)Cc1ccccc1. The van der Waals surface area contributed by atoms with Gasteiger partial charge in [-0.15, -0.1) is 0 Å². The minimum Gasteiger partial charge on any atom is -0.339 e. The number of hydrogen-bond donors (Lipinski definition) is 0. The van der Waals surface area contributed by atoms with Gasteiger partial charge in [0.25, 0.3) is 0 Å². The molecule has 0 atom stereocenters. The molecule has 156 valence electrons. The lowest BCUT2D eigenvalue weighted by molar-refractivity contribution is -0.131. The summed E-state index contributed by atoms with van der Waals surface area (Å²) in [6.07, 6.45) is 1.71. The summed E-state index contributed by atoms with van der Waals surface area (Å²) in [6.45, 7) is 1.09. The van der Waals surface area contributed by atoms with Crippen LogP contribution in [0.15, 0.2) is 95.5 Å². The standard InChI is InChI=1S/C26H25N3O2/c30-25(17-16-21-10-4-1-5-11-21)29(20-22-12-6-2-7-13-22)19-18-24-27-26(28-31-24)23-14-8-3-9-15-23/h1-15H,16-20H2. The second-order valence-corrected chi connectivity index (χ2v) is 7.41. The normalized spacial score (nSPS) is 10.7. The van der Waals surface area contributed by atoms with E-state index < -0.39 is 0 Å². The summed E-state index contributed by atoms with van der Waals surface area (Å²) in [7, 11) is 0. The Morgan fingerprint density at radius 1 is 0.774 bits per heavy atom. The number of rotatable bonds is 9. The van der Waals surface area contributed by atoms with E-state index in [0.717, 1.165) is 17.5 Å². The molecule has 4 aromatic rings. The van der Waals surface area contributed by atoms with Gasteiger partial charge in [-0.25, -0.2) is 0 Å². The average Bonchev–Trinajstić information content (AvgIpc) is 3.31. The third-order valence-corrected chi connectivity index (χ3v) is 5.13. The van der Waals surface area contributed by atoms with Crippen LogP contribution in [-0.4, -0.2) is 27.5 Å². The molecular formula is C26H25N3O2. The van der Waals surface area contributed by atoms with Gasteiger partial charge in [-0.2, -0.15) is 4.98 Å². The molecule has 0 bridgehead atoms. The quantitative estimate of drug-likeness (QED) is 0.391. The Bertz CT molecular complexity index is 1080. The van der Waals surface area contributed by atoms with E-state index in [0.29, 0.717) is 37.6 Å². The Kier molecular flexibility index (Phi) is 6.85. The Morgan fingerprint density at radius 2 is 1.39 bits per heavy atom. The van der Waals surface area contributed by atoms with Crippen molar-refractivity contribution in [1.82, 2.24) is 15.0 Å². The van der Waals surface area contributed by atoms with Crippen LogP contribution in [0.1, 0.15) is 23.4 Å². The fourth-order valence-electron chi connectivity index (χ4n) is 3.44. The van der Waals surface area contributed by atoms with E-state index in [2.05, 4.69) is 22.3 Å². The van der Waals surface area contributed by atoms with Gasteiger partial charge in [0.15, 0.2) is 0 Å². The Balaban J connectivity index is 1.41. The van der Waals surface area contributed by atoms with Gasteiger partial charge < -0.3 is 9.42 Å². The first-order chi connectivity index (χ1) is 15.3. The zero-order valence-corrected chi connectivity index (χ0v) is 17.4. The third-order valence-electron chi connectivity index (χ3n) is 5.13. The van der Waals surface area contributed by atoms with Crippen LogP contribution < -0.4 is 0 Å².